The Morgan fingerprint density at radius 3 is 2.21 bits per heavy atom. The fraction of sp³-hybridized carbons (Fsp3) is 0.857. The zero-order chi connectivity index (χ0) is 14.3. The third-order valence-corrected chi connectivity index (χ3v) is 4.31. The minimum atomic E-state index is -0.787. The first-order valence-corrected chi connectivity index (χ1v) is 7.29. The number of hydrogen-bond donors (Lipinski definition) is 3. The van der Waals surface area contributed by atoms with Gasteiger partial charge in [-0.2, -0.15) is 0 Å². The number of hydrogen-bond acceptors (Lipinski definition) is 2. The van der Waals surface area contributed by atoms with Gasteiger partial charge in [0.25, 0.3) is 0 Å². The molecule has 0 atom stereocenters. The highest BCUT2D eigenvalue weighted by Crippen LogP contribution is 2.37. The Kier molecular flexibility index (Phi) is 6.12. The van der Waals surface area contributed by atoms with Crippen LogP contribution in [0.4, 0.5) is 4.79 Å². The van der Waals surface area contributed by atoms with Crippen LogP contribution in [0.1, 0.15) is 52.4 Å². The third-order valence-electron chi connectivity index (χ3n) is 4.31. The molecular formula is C14H26N2O3. The molecule has 1 saturated carbocycles. The summed E-state index contributed by atoms with van der Waals surface area (Å²) in [6.07, 6.45) is 5.27. The number of carbonyl (C=O) groups is 2. The normalized spacial score (nSPS) is 17.4. The van der Waals surface area contributed by atoms with Gasteiger partial charge >= 0.3 is 12.0 Å². The van der Waals surface area contributed by atoms with Gasteiger partial charge in [0.05, 0.1) is 5.41 Å². The van der Waals surface area contributed by atoms with Gasteiger partial charge in [-0.05, 0) is 18.8 Å². The van der Waals surface area contributed by atoms with Crippen LogP contribution in [0.3, 0.4) is 0 Å². The molecule has 1 fully saturated rings. The fourth-order valence-electron chi connectivity index (χ4n) is 2.64. The molecule has 3 N–H and O–H groups in total. The number of aliphatic carboxylic acids is 1. The highest BCUT2D eigenvalue weighted by atomic mass is 16.4. The highest BCUT2D eigenvalue weighted by Gasteiger charge is 2.41. The minimum Gasteiger partial charge on any atom is -0.481 e. The van der Waals surface area contributed by atoms with Crippen LogP contribution in [0.2, 0.25) is 0 Å². The Morgan fingerprint density at radius 1 is 1.16 bits per heavy atom. The number of rotatable bonds is 7. The Labute approximate surface area is 115 Å². The lowest BCUT2D eigenvalue weighted by Crippen LogP contribution is -2.45. The molecule has 0 radical (unpaired) electrons. The molecule has 0 bridgehead atoms. The summed E-state index contributed by atoms with van der Waals surface area (Å²) in [6, 6.07) is -0.251. The van der Waals surface area contributed by atoms with Crippen LogP contribution in [-0.2, 0) is 4.79 Å². The first-order chi connectivity index (χ1) is 9.04. The second-order valence-corrected chi connectivity index (χ2v) is 5.54. The number of amides is 2. The van der Waals surface area contributed by atoms with E-state index in [0.717, 1.165) is 25.7 Å². The molecule has 19 heavy (non-hydrogen) atoms. The van der Waals surface area contributed by atoms with Crippen molar-refractivity contribution in [3.05, 3.63) is 0 Å². The summed E-state index contributed by atoms with van der Waals surface area (Å²) in [4.78, 5) is 23.0. The van der Waals surface area contributed by atoms with Crippen molar-refractivity contribution in [3.8, 4) is 0 Å². The molecule has 1 rings (SSSR count). The van der Waals surface area contributed by atoms with Crippen molar-refractivity contribution in [2.24, 2.45) is 11.3 Å². The van der Waals surface area contributed by atoms with E-state index in [1.807, 2.05) is 0 Å². The molecule has 5 nitrogen and oxygen atoms in total. The molecular weight excluding hydrogens is 244 g/mol. The lowest BCUT2D eigenvalue weighted by Gasteiger charge is -2.24. The van der Waals surface area contributed by atoms with Crippen molar-refractivity contribution in [2.45, 2.75) is 52.4 Å². The van der Waals surface area contributed by atoms with Crippen molar-refractivity contribution in [1.29, 1.82) is 0 Å². The number of carbonyl (C=O) groups excluding carboxylic acids is 1. The van der Waals surface area contributed by atoms with Gasteiger partial charge in [0.2, 0.25) is 0 Å². The summed E-state index contributed by atoms with van der Waals surface area (Å²) in [5.41, 5.74) is -0.744. The maximum Gasteiger partial charge on any atom is 0.314 e. The van der Waals surface area contributed by atoms with Crippen molar-refractivity contribution in [2.75, 3.05) is 13.1 Å². The zero-order valence-electron chi connectivity index (χ0n) is 12.0. The number of carboxylic acid groups (broad SMARTS) is 1. The van der Waals surface area contributed by atoms with E-state index in [1.54, 1.807) is 0 Å². The van der Waals surface area contributed by atoms with Gasteiger partial charge in [0.1, 0.15) is 0 Å². The predicted molar refractivity (Wildman–Crippen MR) is 74.0 cm³/mol. The molecule has 0 aromatic rings. The molecule has 1 aliphatic rings. The van der Waals surface area contributed by atoms with Crippen LogP contribution in [-0.4, -0.2) is 30.2 Å². The number of carboxylic acids is 1. The maximum absolute atomic E-state index is 11.7. The van der Waals surface area contributed by atoms with Crippen LogP contribution in [0.5, 0.6) is 0 Å². The average Bonchev–Trinajstić information content (AvgIpc) is 2.87. The van der Waals surface area contributed by atoms with Gasteiger partial charge < -0.3 is 15.7 Å². The lowest BCUT2D eigenvalue weighted by molar-refractivity contribution is -0.148. The van der Waals surface area contributed by atoms with Gasteiger partial charge in [0.15, 0.2) is 0 Å². The van der Waals surface area contributed by atoms with Gasteiger partial charge in [0, 0.05) is 13.1 Å². The molecule has 0 saturated heterocycles. The summed E-state index contributed by atoms with van der Waals surface area (Å²) in [5, 5.41) is 14.8. The van der Waals surface area contributed by atoms with E-state index in [-0.39, 0.29) is 12.6 Å². The Balaban J connectivity index is 2.34. The van der Waals surface area contributed by atoms with Gasteiger partial charge in [-0.25, -0.2) is 4.79 Å². The second kappa shape index (κ2) is 7.36. The average molecular weight is 270 g/mol. The molecule has 0 aromatic carbocycles. The Morgan fingerprint density at radius 2 is 1.74 bits per heavy atom. The van der Waals surface area contributed by atoms with E-state index < -0.39 is 11.4 Å². The van der Waals surface area contributed by atoms with E-state index in [2.05, 4.69) is 24.5 Å². The summed E-state index contributed by atoms with van der Waals surface area (Å²) >= 11 is 0. The maximum atomic E-state index is 11.7. The summed E-state index contributed by atoms with van der Waals surface area (Å²) < 4.78 is 0. The molecule has 5 heteroatoms. The van der Waals surface area contributed by atoms with Gasteiger partial charge in [-0.15, -0.1) is 0 Å². The molecule has 1 aliphatic carbocycles. The van der Waals surface area contributed by atoms with Crippen molar-refractivity contribution < 1.29 is 14.7 Å². The van der Waals surface area contributed by atoms with Crippen LogP contribution < -0.4 is 10.6 Å². The summed E-state index contributed by atoms with van der Waals surface area (Å²) in [6.45, 7) is 5.09. The first-order valence-electron chi connectivity index (χ1n) is 7.29. The number of urea groups is 1. The largest absolute Gasteiger partial charge is 0.481 e. The van der Waals surface area contributed by atoms with Crippen LogP contribution in [0, 0.1) is 11.3 Å². The quantitative estimate of drug-likeness (QED) is 0.664. The Hall–Kier alpha value is -1.26. The summed E-state index contributed by atoms with van der Waals surface area (Å²) in [5.74, 6) is -0.295. The predicted octanol–water partition coefficient (Wildman–Crippen LogP) is 2.37. The Bertz CT molecular complexity index is 308. The van der Waals surface area contributed by atoms with E-state index in [4.69, 9.17) is 0 Å². The third kappa shape index (κ3) is 4.40. The smallest absolute Gasteiger partial charge is 0.314 e. The molecule has 110 valence electrons. The van der Waals surface area contributed by atoms with Crippen LogP contribution in [0.25, 0.3) is 0 Å². The SMILES string of the molecule is CCC(CC)CNC(=O)NCC1(C(=O)O)CCCC1. The van der Waals surface area contributed by atoms with E-state index in [9.17, 15) is 14.7 Å². The molecule has 0 aromatic heterocycles. The first kappa shape index (κ1) is 15.8. The molecule has 0 spiro atoms. The minimum absolute atomic E-state index is 0.233. The highest BCUT2D eigenvalue weighted by molar-refractivity contribution is 5.78. The zero-order valence-corrected chi connectivity index (χ0v) is 12.0. The standard InChI is InChI=1S/C14H26N2O3/c1-3-11(4-2)9-15-13(19)16-10-14(12(17)18)7-5-6-8-14/h11H,3-10H2,1-2H3,(H,17,18)(H2,15,16,19). The van der Waals surface area contributed by atoms with E-state index in [1.165, 1.54) is 0 Å². The fourth-order valence-corrected chi connectivity index (χ4v) is 2.64. The monoisotopic (exact) mass is 270 g/mol. The summed E-state index contributed by atoms with van der Waals surface area (Å²) in [7, 11) is 0. The molecule has 0 heterocycles. The van der Waals surface area contributed by atoms with Crippen molar-refractivity contribution in [3.63, 3.8) is 0 Å². The van der Waals surface area contributed by atoms with Crippen LogP contribution >= 0.6 is 0 Å². The van der Waals surface area contributed by atoms with Crippen molar-refractivity contribution >= 4 is 12.0 Å². The molecule has 0 unspecified atom stereocenters. The topological polar surface area (TPSA) is 78.4 Å². The molecule has 2 amide bonds. The molecule has 0 aliphatic heterocycles. The van der Waals surface area contributed by atoms with Gasteiger partial charge in [-0.3, -0.25) is 4.79 Å². The van der Waals surface area contributed by atoms with Gasteiger partial charge in [-0.1, -0.05) is 39.5 Å². The second-order valence-electron chi connectivity index (χ2n) is 5.54. The van der Waals surface area contributed by atoms with Crippen LogP contribution in [0.15, 0.2) is 0 Å². The van der Waals surface area contributed by atoms with E-state index in [0.29, 0.717) is 25.3 Å². The van der Waals surface area contributed by atoms with Crippen molar-refractivity contribution in [1.82, 2.24) is 10.6 Å². The number of nitrogens with one attached hydrogen (secondary N) is 2. The van der Waals surface area contributed by atoms with E-state index >= 15 is 0 Å². The lowest BCUT2D eigenvalue weighted by atomic mass is 9.86.